The molecule has 2 rings (SSSR count). The summed E-state index contributed by atoms with van der Waals surface area (Å²) < 4.78 is 0. The summed E-state index contributed by atoms with van der Waals surface area (Å²) in [5.41, 5.74) is 1.64. The van der Waals surface area contributed by atoms with E-state index in [-0.39, 0.29) is 11.8 Å². The first-order valence-electron chi connectivity index (χ1n) is 6.20. The molecule has 0 spiro atoms. The first-order valence-corrected chi connectivity index (χ1v) is 6.20. The Labute approximate surface area is 100 Å². The number of piperidine rings is 1. The van der Waals surface area contributed by atoms with Gasteiger partial charge in [0.1, 0.15) is 6.04 Å². The zero-order chi connectivity index (χ0) is 12.3. The molecule has 3 N–H and O–H groups in total. The smallest absolute Gasteiger partial charge is 0.261 e. The van der Waals surface area contributed by atoms with Crippen molar-refractivity contribution < 1.29 is 14.8 Å². The highest BCUT2D eigenvalue weighted by Crippen LogP contribution is 2.22. The van der Waals surface area contributed by atoms with E-state index >= 15 is 0 Å². The Morgan fingerprint density at radius 3 is 2.59 bits per heavy atom. The fraction of sp³-hybridized carbons (Fsp3) is 0.818. The fourth-order valence-electron chi connectivity index (χ4n) is 2.67. The van der Waals surface area contributed by atoms with E-state index in [0.29, 0.717) is 13.0 Å². The molecule has 0 radical (unpaired) electrons. The molecule has 6 heteroatoms. The Balaban J connectivity index is 2.04. The third kappa shape index (κ3) is 2.58. The maximum atomic E-state index is 12.3. The zero-order valence-electron chi connectivity index (χ0n) is 9.82. The van der Waals surface area contributed by atoms with Crippen LogP contribution in [-0.4, -0.2) is 47.6 Å². The Hall–Kier alpha value is -1.14. The zero-order valence-corrected chi connectivity index (χ0v) is 9.82. The molecule has 96 valence electrons. The molecule has 2 unspecified atom stereocenters. The molecule has 2 saturated heterocycles. The summed E-state index contributed by atoms with van der Waals surface area (Å²) in [5.74, 6) is -0.806. The molecule has 0 aromatic carbocycles. The first-order chi connectivity index (χ1) is 8.24. The van der Waals surface area contributed by atoms with Gasteiger partial charge in [-0.2, -0.15) is 0 Å². The monoisotopic (exact) mass is 241 g/mol. The van der Waals surface area contributed by atoms with Crippen molar-refractivity contribution in [3.8, 4) is 0 Å². The average Bonchev–Trinajstić information content (AvgIpc) is 2.91. The quantitative estimate of drug-likeness (QED) is 0.449. The van der Waals surface area contributed by atoms with E-state index in [4.69, 9.17) is 5.21 Å². The maximum Gasteiger partial charge on any atom is 0.261 e. The van der Waals surface area contributed by atoms with Crippen LogP contribution in [-0.2, 0) is 9.59 Å². The number of carbonyl (C=O) groups is 2. The topological polar surface area (TPSA) is 81.7 Å². The van der Waals surface area contributed by atoms with Crippen molar-refractivity contribution in [1.82, 2.24) is 15.7 Å². The SMILES string of the molecule is O=C(NO)C1NCCCC1C(=O)N1CCCC1. The maximum absolute atomic E-state index is 12.3. The van der Waals surface area contributed by atoms with Gasteiger partial charge in [0.25, 0.3) is 5.91 Å². The van der Waals surface area contributed by atoms with Gasteiger partial charge >= 0.3 is 0 Å². The summed E-state index contributed by atoms with van der Waals surface area (Å²) >= 11 is 0. The lowest BCUT2D eigenvalue weighted by Gasteiger charge is -2.32. The second-order valence-electron chi connectivity index (χ2n) is 4.69. The van der Waals surface area contributed by atoms with Crippen LogP contribution in [0.25, 0.3) is 0 Å². The molecule has 17 heavy (non-hydrogen) atoms. The summed E-state index contributed by atoms with van der Waals surface area (Å²) in [4.78, 5) is 25.6. The molecule has 0 aromatic heterocycles. The van der Waals surface area contributed by atoms with Crippen molar-refractivity contribution >= 4 is 11.8 Å². The lowest BCUT2D eigenvalue weighted by molar-refractivity contribution is -0.143. The van der Waals surface area contributed by atoms with E-state index < -0.39 is 11.9 Å². The molecule has 0 saturated carbocycles. The van der Waals surface area contributed by atoms with Crippen molar-refractivity contribution in [2.45, 2.75) is 31.7 Å². The number of hydrogen-bond acceptors (Lipinski definition) is 4. The second-order valence-corrected chi connectivity index (χ2v) is 4.69. The fourth-order valence-corrected chi connectivity index (χ4v) is 2.67. The van der Waals surface area contributed by atoms with Gasteiger partial charge in [0, 0.05) is 13.1 Å². The van der Waals surface area contributed by atoms with Crippen LogP contribution < -0.4 is 10.8 Å². The van der Waals surface area contributed by atoms with Gasteiger partial charge in [0.05, 0.1) is 5.92 Å². The minimum absolute atomic E-state index is 0.0447. The number of rotatable bonds is 2. The van der Waals surface area contributed by atoms with Gasteiger partial charge in [-0.15, -0.1) is 0 Å². The minimum atomic E-state index is -0.596. The second kappa shape index (κ2) is 5.46. The Bertz CT molecular complexity index is 302. The molecule has 2 amide bonds. The normalized spacial score (nSPS) is 29.1. The van der Waals surface area contributed by atoms with Gasteiger partial charge in [-0.1, -0.05) is 0 Å². The third-order valence-corrected chi connectivity index (χ3v) is 3.59. The lowest BCUT2D eigenvalue weighted by atomic mass is 9.89. The Kier molecular flexibility index (Phi) is 3.96. The predicted octanol–water partition coefficient (Wildman–Crippen LogP) is -0.518. The molecule has 0 aliphatic carbocycles. The van der Waals surface area contributed by atoms with E-state index in [1.165, 1.54) is 0 Å². The summed E-state index contributed by atoms with van der Waals surface area (Å²) in [6.45, 7) is 2.30. The molecule has 2 aliphatic rings. The summed E-state index contributed by atoms with van der Waals surface area (Å²) in [7, 11) is 0. The number of likely N-dealkylation sites (tertiary alicyclic amines) is 1. The standard InChI is InChI=1S/C11H19N3O3/c15-10(13-17)9-8(4-3-5-12-9)11(16)14-6-1-2-7-14/h8-9,12,17H,1-7H2,(H,13,15). The average molecular weight is 241 g/mol. The van der Waals surface area contributed by atoms with Gasteiger partial charge < -0.3 is 10.2 Å². The van der Waals surface area contributed by atoms with Crippen molar-refractivity contribution in [2.24, 2.45) is 5.92 Å². The summed E-state index contributed by atoms with van der Waals surface area (Å²) in [5, 5.41) is 11.7. The number of amides is 2. The highest BCUT2D eigenvalue weighted by atomic mass is 16.5. The number of nitrogens with zero attached hydrogens (tertiary/aromatic N) is 1. The van der Waals surface area contributed by atoms with Crippen LogP contribution in [0.1, 0.15) is 25.7 Å². The molecule has 6 nitrogen and oxygen atoms in total. The first kappa shape index (κ1) is 12.3. The van der Waals surface area contributed by atoms with Crippen LogP contribution >= 0.6 is 0 Å². The highest BCUT2D eigenvalue weighted by Gasteiger charge is 2.38. The number of hydrogen-bond donors (Lipinski definition) is 3. The Morgan fingerprint density at radius 1 is 1.24 bits per heavy atom. The Morgan fingerprint density at radius 2 is 1.94 bits per heavy atom. The van der Waals surface area contributed by atoms with Gasteiger partial charge in [0.2, 0.25) is 5.91 Å². The van der Waals surface area contributed by atoms with Gasteiger partial charge in [-0.3, -0.25) is 14.8 Å². The summed E-state index contributed by atoms with van der Waals surface area (Å²) in [6.07, 6.45) is 3.69. The van der Waals surface area contributed by atoms with E-state index in [1.807, 2.05) is 4.90 Å². The molecular weight excluding hydrogens is 222 g/mol. The molecule has 2 aliphatic heterocycles. The summed E-state index contributed by atoms with van der Waals surface area (Å²) in [6, 6.07) is -0.596. The van der Waals surface area contributed by atoms with E-state index in [9.17, 15) is 9.59 Å². The molecule has 2 atom stereocenters. The highest BCUT2D eigenvalue weighted by molar-refractivity contribution is 5.89. The van der Waals surface area contributed by atoms with Crippen LogP contribution in [0.5, 0.6) is 0 Å². The van der Waals surface area contributed by atoms with Crippen molar-refractivity contribution in [1.29, 1.82) is 0 Å². The predicted molar refractivity (Wildman–Crippen MR) is 60.3 cm³/mol. The molecule has 0 aromatic rings. The van der Waals surface area contributed by atoms with Gasteiger partial charge in [0.15, 0.2) is 0 Å². The molecule has 0 bridgehead atoms. The van der Waals surface area contributed by atoms with E-state index in [0.717, 1.165) is 32.4 Å². The third-order valence-electron chi connectivity index (χ3n) is 3.59. The van der Waals surface area contributed by atoms with Crippen LogP contribution in [0.15, 0.2) is 0 Å². The van der Waals surface area contributed by atoms with E-state index in [1.54, 1.807) is 5.48 Å². The van der Waals surface area contributed by atoms with E-state index in [2.05, 4.69) is 5.32 Å². The molecular formula is C11H19N3O3. The van der Waals surface area contributed by atoms with Crippen LogP contribution in [0.2, 0.25) is 0 Å². The number of carbonyl (C=O) groups excluding carboxylic acids is 2. The van der Waals surface area contributed by atoms with Crippen molar-refractivity contribution in [2.75, 3.05) is 19.6 Å². The minimum Gasteiger partial charge on any atom is -0.342 e. The van der Waals surface area contributed by atoms with Crippen LogP contribution in [0.4, 0.5) is 0 Å². The number of nitrogens with one attached hydrogen (secondary N) is 2. The van der Waals surface area contributed by atoms with Crippen molar-refractivity contribution in [3.63, 3.8) is 0 Å². The van der Waals surface area contributed by atoms with Crippen molar-refractivity contribution in [3.05, 3.63) is 0 Å². The lowest BCUT2D eigenvalue weighted by Crippen LogP contribution is -2.55. The van der Waals surface area contributed by atoms with Gasteiger partial charge in [-0.05, 0) is 32.2 Å². The van der Waals surface area contributed by atoms with Crippen LogP contribution in [0.3, 0.4) is 0 Å². The van der Waals surface area contributed by atoms with Crippen LogP contribution in [0, 0.1) is 5.92 Å². The number of hydroxylamine groups is 1. The van der Waals surface area contributed by atoms with Gasteiger partial charge in [-0.25, -0.2) is 5.48 Å². The molecule has 2 heterocycles. The molecule has 2 fully saturated rings. The largest absolute Gasteiger partial charge is 0.342 e.